The number of sulfone groups is 1. The van der Waals surface area contributed by atoms with Crippen molar-refractivity contribution in [3.05, 3.63) is 41.0 Å². The van der Waals surface area contributed by atoms with Gasteiger partial charge in [-0.05, 0) is 139 Å². The van der Waals surface area contributed by atoms with Crippen LogP contribution in [0.5, 0.6) is 0 Å². The van der Waals surface area contributed by atoms with Crippen LogP contribution in [0.2, 0.25) is 0 Å². The molecule has 0 spiro atoms. The molecule has 0 radical (unpaired) electrons. The predicted molar refractivity (Wildman–Crippen MR) is 202 cm³/mol. The summed E-state index contributed by atoms with van der Waals surface area (Å²) in [4.78, 5) is 40.2. The van der Waals surface area contributed by atoms with Gasteiger partial charge >= 0.3 is 11.9 Å². The van der Waals surface area contributed by atoms with E-state index in [-0.39, 0.29) is 55.6 Å². The number of allylic oxidation sites excluding steroid dienone is 2. The van der Waals surface area contributed by atoms with E-state index in [0.29, 0.717) is 43.3 Å². The summed E-state index contributed by atoms with van der Waals surface area (Å²) in [5.41, 5.74) is 1.47. The fraction of sp³-hybridized carbons (Fsp3) is 0.738. The minimum absolute atomic E-state index is 0.0741. The highest BCUT2D eigenvalue weighted by molar-refractivity contribution is 7.91. The predicted octanol–water partition coefficient (Wildman–Crippen LogP) is 7.17. The van der Waals surface area contributed by atoms with Crippen molar-refractivity contribution >= 4 is 33.3 Å². The van der Waals surface area contributed by atoms with Gasteiger partial charge in [-0.15, -0.1) is 0 Å². The summed E-state index contributed by atoms with van der Waals surface area (Å²) in [5.74, 6) is 0.155. The van der Waals surface area contributed by atoms with Crippen molar-refractivity contribution in [2.75, 3.05) is 37.7 Å². The zero-order valence-electron chi connectivity index (χ0n) is 31.9. The summed E-state index contributed by atoms with van der Waals surface area (Å²) < 4.78 is 23.6. The number of hydrogen-bond acceptors (Lipinski definition) is 6. The first kappa shape index (κ1) is 37.6. The third kappa shape index (κ3) is 5.70. The lowest BCUT2D eigenvalue weighted by molar-refractivity contribution is -0.222. The molecule has 9 nitrogen and oxygen atoms in total. The zero-order valence-corrected chi connectivity index (χ0v) is 32.7. The molecule has 0 unspecified atom stereocenters. The molecule has 6 aliphatic rings. The van der Waals surface area contributed by atoms with E-state index in [1.54, 1.807) is 12.1 Å². The molecule has 7 rings (SSSR count). The van der Waals surface area contributed by atoms with E-state index in [0.717, 1.165) is 81.9 Å². The first-order valence-corrected chi connectivity index (χ1v) is 21.7. The number of benzene rings is 1. The number of fused-ring (bicyclic) bond motifs is 7. The Kier molecular flexibility index (Phi) is 9.36. The first-order valence-electron chi connectivity index (χ1n) is 19.9. The van der Waals surface area contributed by atoms with Crippen LogP contribution >= 0.6 is 0 Å². The molecule has 1 saturated heterocycles. The fourth-order valence-electron chi connectivity index (χ4n) is 13.8. The van der Waals surface area contributed by atoms with Crippen molar-refractivity contribution in [2.24, 2.45) is 50.7 Å². The minimum atomic E-state index is -2.89. The Labute approximate surface area is 310 Å². The summed E-state index contributed by atoms with van der Waals surface area (Å²) >= 11 is 0. The molecule has 1 aromatic carbocycles. The quantitative estimate of drug-likeness (QED) is 0.239. The number of nitrogens with zero attached hydrogens (tertiary/aromatic N) is 1. The molecule has 0 bridgehead atoms. The maximum atomic E-state index is 14.2. The molecular weight excluding hydrogens is 677 g/mol. The summed E-state index contributed by atoms with van der Waals surface area (Å²) in [6, 6.07) is 4.81. The van der Waals surface area contributed by atoms with Crippen molar-refractivity contribution in [3.8, 4) is 0 Å². The van der Waals surface area contributed by atoms with Gasteiger partial charge in [-0.1, -0.05) is 53.2 Å². The van der Waals surface area contributed by atoms with E-state index in [2.05, 4.69) is 50.9 Å². The van der Waals surface area contributed by atoms with Crippen molar-refractivity contribution in [1.29, 1.82) is 0 Å². The molecule has 1 aliphatic heterocycles. The third-order valence-electron chi connectivity index (χ3n) is 16.6. The smallest absolute Gasteiger partial charge is 0.336 e. The molecule has 5 fully saturated rings. The molecule has 5 aliphatic carbocycles. The normalized spacial score (nSPS) is 39.2. The van der Waals surface area contributed by atoms with Gasteiger partial charge in [-0.25, -0.2) is 18.0 Å². The highest BCUT2D eigenvalue weighted by atomic mass is 32.2. The monoisotopic (exact) mass is 736 g/mol. The van der Waals surface area contributed by atoms with E-state index < -0.39 is 21.8 Å². The van der Waals surface area contributed by atoms with Crippen LogP contribution in [-0.2, 0) is 14.6 Å². The number of carbonyl (C=O) groups is 3. The SMILES string of the molecule is CC1(C)C(c2ccc(C(=O)O)c(C(=O)O)c2)=CC[C@]2(C)[C@H]3CC[C@@H]4[C@H]5CCC[C@]5(C(=O)NCCCN5CCS(=O)(=O)CC5)CC[C@@]4(C)[C@]3(C)CC[C@@H]12. The lowest BCUT2D eigenvalue weighted by Gasteiger charge is -2.72. The highest BCUT2D eigenvalue weighted by Crippen LogP contribution is 2.77. The second kappa shape index (κ2) is 13.0. The number of carbonyl (C=O) groups excluding carboxylic acids is 1. The number of carboxylic acid groups (broad SMARTS) is 2. The Morgan fingerprint density at radius 2 is 1.54 bits per heavy atom. The van der Waals surface area contributed by atoms with Gasteiger partial charge in [0.15, 0.2) is 9.84 Å². The Morgan fingerprint density at radius 1 is 0.827 bits per heavy atom. The number of nitrogens with one attached hydrogen (secondary N) is 1. The standard InChI is InChI=1S/C42H60N2O7S/c1-38(2)30(27-9-10-28(35(45)46)29(26-27)36(47)48)13-16-39(3)33(38)14-17-41(5)34(39)12-11-31-32-8-6-15-42(32,19-18-40(31,41)4)37(49)43-20-7-21-44-22-24-52(50,51)25-23-44/h9-10,13,26,31-34H,6-8,11-12,14-25H2,1-5H3,(H,43,49)(H,45,46)(H,47,48)/t31-,32-,33+,34-,39+,40-,41-,42+/m1/s1. The fourth-order valence-corrected chi connectivity index (χ4v) is 15.1. The van der Waals surface area contributed by atoms with E-state index in [1.807, 2.05) is 0 Å². The Balaban J connectivity index is 1.08. The maximum Gasteiger partial charge on any atom is 0.336 e. The maximum absolute atomic E-state index is 14.2. The van der Waals surface area contributed by atoms with E-state index in [1.165, 1.54) is 12.5 Å². The topological polar surface area (TPSA) is 141 Å². The van der Waals surface area contributed by atoms with Crippen molar-refractivity contribution < 1.29 is 33.0 Å². The molecule has 10 heteroatoms. The van der Waals surface area contributed by atoms with Crippen LogP contribution in [0, 0.1) is 50.7 Å². The second-order valence-corrected chi connectivity index (χ2v) is 21.1. The van der Waals surface area contributed by atoms with Crippen LogP contribution in [0.1, 0.15) is 132 Å². The van der Waals surface area contributed by atoms with Gasteiger partial charge in [0, 0.05) is 19.6 Å². The Hall–Kier alpha value is -2.72. The first-order chi connectivity index (χ1) is 24.4. The van der Waals surface area contributed by atoms with E-state index in [9.17, 15) is 33.0 Å². The summed E-state index contributed by atoms with van der Waals surface area (Å²) in [6.07, 6.45) is 13.9. The van der Waals surface area contributed by atoms with Gasteiger partial charge in [0.1, 0.15) is 0 Å². The average Bonchev–Trinajstić information content (AvgIpc) is 3.52. The second-order valence-electron chi connectivity index (χ2n) is 18.8. The summed E-state index contributed by atoms with van der Waals surface area (Å²) in [5, 5.41) is 22.9. The molecule has 286 valence electrons. The number of amides is 1. The van der Waals surface area contributed by atoms with Crippen LogP contribution in [0.4, 0.5) is 0 Å². The van der Waals surface area contributed by atoms with Gasteiger partial charge < -0.3 is 20.4 Å². The van der Waals surface area contributed by atoms with Gasteiger partial charge in [-0.2, -0.15) is 0 Å². The molecule has 4 saturated carbocycles. The molecule has 1 aromatic rings. The lowest BCUT2D eigenvalue weighted by atomic mass is 9.32. The number of rotatable bonds is 8. The summed E-state index contributed by atoms with van der Waals surface area (Å²) in [7, 11) is -2.89. The van der Waals surface area contributed by atoms with E-state index in [4.69, 9.17) is 0 Å². The lowest BCUT2D eigenvalue weighted by Crippen LogP contribution is -2.65. The number of hydrogen-bond donors (Lipinski definition) is 3. The highest BCUT2D eigenvalue weighted by Gasteiger charge is 2.70. The molecule has 52 heavy (non-hydrogen) atoms. The minimum Gasteiger partial charge on any atom is -0.478 e. The van der Waals surface area contributed by atoms with Crippen LogP contribution in [0.15, 0.2) is 24.3 Å². The van der Waals surface area contributed by atoms with Crippen LogP contribution in [0.3, 0.4) is 0 Å². The molecule has 8 atom stereocenters. The van der Waals surface area contributed by atoms with Gasteiger partial charge in [0.2, 0.25) is 5.91 Å². The molecular formula is C42H60N2O7S. The molecule has 1 amide bonds. The number of aromatic carboxylic acids is 2. The van der Waals surface area contributed by atoms with Crippen LogP contribution in [-0.4, -0.2) is 79.1 Å². The molecule has 1 heterocycles. The number of carboxylic acids is 2. The van der Waals surface area contributed by atoms with E-state index >= 15 is 0 Å². The Morgan fingerprint density at radius 3 is 2.23 bits per heavy atom. The van der Waals surface area contributed by atoms with Crippen molar-refractivity contribution in [2.45, 2.75) is 105 Å². The largest absolute Gasteiger partial charge is 0.478 e. The van der Waals surface area contributed by atoms with Crippen molar-refractivity contribution in [3.63, 3.8) is 0 Å². The van der Waals surface area contributed by atoms with Gasteiger partial charge in [0.05, 0.1) is 28.0 Å². The van der Waals surface area contributed by atoms with Gasteiger partial charge in [-0.3, -0.25) is 4.79 Å². The Bertz CT molecular complexity index is 1770. The molecule has 0 aromatic heterocycles. The zero-order chi connectivity index (χ0) is 37.5. The van der Waals surface area contributed by atoms with Crippen LogP contribution in [0.25, 0.3) is 5.57 Å². The van der Waals surface area contributed by atoms with Crippen LogP contribution < -0.4 is 5.32 Å². The average molecular weight is 737 g/mol. The molecule has 3 N–H and O–H groups in total. The summed E-state index contributed by atoms with van der Waals surface area (Å²) in [6.45, 7) is 15.0. The van der Waals surface area contributed by atoms with Crippen molar-refractivity contribution in [1.82, 2.24) is 10.2 Å². The third-order valence-corrected chi connectivity index (χ3v) is 18.2. The van der Waals surface area contributed by atoms with Gasteiger partial charge in [0.25, 0.3) is 0 Å².